The van der Waals surface area contributed by atoms with E-state index in [-0.39, 0.29) is 5.12 Å². The Labute approximate surface area is 86.7 Å². The fraction of sp³-hybridized carbons (Fsp3) is 0.0909. The van der Waals surface area contributed by atoms with Crippen LogP contribution in [0.5, 0.6) is 0 Å². The van der Waals surface area contributed by atoms with Gasteiger partial charge in [0.2, 0.25) is 5.12 Å². The van der Waals surface area contributed by atoms with Crippen LogP contribution in [0.1, 0.15) is 12.5 Å². The van der Waals surface area contributed by atoms with Gasteiger partial charge in [-0.05, 0) is 30.3 Å². The number of hydrogen-bond acceptors (Lipinski definition) is 3. The summed E-state index contributed by atoms with van der Waals surface area (Å²) in [6.07, 6.45) is 1.81. The zero-order valence-electron chi connectivity index (χ0n) is 7.73. The van der Waals surface area contributed by atoms with Crippen LogP contribution in [0.2, 0.25) is 0 Å². The van der Waals surface area contributed by atoms with Gasteiger partial charge in [0, 0.05) is 0 Å². The average molecular weight is 203 g/mol. The molecule has 0 fully saturated rings. The number of nitrogens with zero attached hydrogens (tertiary/aromatic N) is 1. The molecular formula is C11H9NOS. The maximum atomic E-state index is 11.4. The van der Waals surface area contributed by atoms with Gasteiger partial charge in [-0.2, -0.15) is 0 Å². The SMILES string of the molecule is CC1=N/C(=C\c2ccccc2)C(=O)S1. The molecule has 0 N–H and O–H groups in total. The minimum absolute atomic E-state index is 0.0337. The summed E-state index contributed by atoms with van der Waals surface area (Å²) in [4.78, 5) is 15.5. The zero-order chi connectivity index (χ0) is 9.97. The van der Waals surface area contributed by atoms with Crippen molar-refractivity contribution in [2.45, 2.75) is 6.92 Å². The number of carbonyl (C=O) groups excluding carboxylic acids is 1. The standard InChI is InChI=1S/C11H9NOS/c1-8-12-10(11(13)14-8)7-9-5-3-2-4-6-9/h2-7H,1H3/b10-7-. The highest BCUT2D eigenvalue weighted by Gasteiger charge is 2.18. The lowest BCUT2D eigenvalue weighted by molar-refractivity contribution is -0.107. The van der Waals surface area contributed by atoms with E-state index >= 15 is 0 Å². The van der Waals surface area contributed by atoms with Crippen molar-refractivity contribution in [3.63, 3.8) is 0 Å². The maximum Gasteiger partial charge on any atom is 0.243 e. The Morgan fingerprint density at radius 1 is 1.29 bits per heavy atom. The highest BCUT2D eigenvalue weighted by atomic mass is 32.2. The molecule has 0 aliphatic carbocycles. The van der Waals surface area contributed by atoms with Crippen LogP contribution in [0, 0.1) is 0 Å². The van der Waals surface area contributed by atoms with Gasteiger partial charge in [0.15, 0.2) is 0 Å². The molecule has 0 atom stereocenters. The first kappa shape index (κ1) is 9.21. The Hall–Kier alpha value is -1.35. The van der Waals surface area contributed by atoms with Crippen molar-refractivity contribution in [1.82, 2.24) is 0 Å². The molecule has 1 aromatic rings. The van der Waals surface area contributed by atoms with Crippen LogP contribution >= 0.6 is 11.8 Å². The van der Waals surface area contributed by atoms with Gasteiger partial charge in [0.05, 0.1) is 5.04 Å². The minimum Gasteiger partial charge on any atom is -0.279 e. The van der Waals surface area contributed by atoms with E-state index in [9.17, 15) is 4.79 Å². The van der Waals surface area contributed by atoms with Gasteiger partial charge in [0.1, 0.15) is 5.70 Å². The van der Waals surface area contributed by atoms with Gasteiger partial charge in [-0.15, -0.1) is 0 Å². The number of rotatable bonds is 1. The van der Waals surface area contributed by atoms with Crippen molar-refractivity contribution in [3.05, 3.63) is 41.6 Å². The molecule has 0 unspecified atom stereocenters. The smallest absolute Gasteiger partial charge is 0.243 e. The van der Waals surface area contributed by atoms with E-state index in [2.05, 4.69) is 4.99 Å². The Balaban J connectivity index is 2.32. The van der Waals surface area contributed by atoms with Crippen molar-refractivity contribution in [2.24, 2.45) is 4.99 Å². The molecule has 0 aromatic heterocycles. The molecule has 0 spiro atoms. The molecule has 2 nitrogen and oxygen atoms in total. The number of benzene rings is 1. The molecule has 70 valence electrons. The van der Waals surface area contributed by atoms with Crippen molar-refractivity contribution in [1.29, 1.82) is 0 Å². The molecule has 1 aromatic carbocycles. The Morgan fingerprint density at radius 2 is 2.00 bits per heavy atom. The Morgan fingerprint density at radius 3 is 2.57 bits per heavy atom. The van der Waals surface area contributed by atoms with Gasteiger partial charge in [-0.25, -0.2) is 4.99 Å². The van der Waals surface area contributed by atoms with Gasteiger partial charge in [0.25, 0.3) is 0 Å². The van der Waals surface area contributed by atoms with E-state index in [1.807, 2.05) is 43.3 Å². The molecule has 0 saturated heterocycles. The highest BCUT2D eigenvalue weighted by molar-refractivity contribution is 8.27. The summed E-state index contributed by atoms with van der Waals surface area (Å²) in [5, 5.41) is 0.850. The van der Waals surface area contributed by atoms with Crippen molar-refractivity contribution >= 4 is 28.0 Å². The lowest BCUT2D eigenvalue weighted by atomic mass is 10.2. The van der Waals surface area contributed by atoms with Crippen LogP contribution in [0.3, 0.4) is 0 Å². The average Bonchev–Trinajstić information content (AvgIpc) is 2.47. The molecule has 1 aliphatic rings. The molecule has 3 heteroatoms. The molecule has 1 aliphatic heterocycles. The predicted octanol–water partition coefficient (Wildman–Crippen LogP) is 2.72. The minimum atomic E-state index is 0.0337. The van der Waals surface area contributed by atoms with Crippen LogP contribution in [0.15, 0.2) is 41.0 Å². The van der Waals surface area contributed by atoms with E-state index in [0.717, 1.165) is 10.6 Å². The fourth-order valence-corrected chi connectivity index (χ4v) is 1.84. The van der Waals surface area contributed by atoms with Crippen LogP contribution in [-0.2, 0) is 4.79 Å². The van der Waals surface area contributed by atoms with Crippen LogP contribution in [-0.4, -0.2) is 10.2 Å². The summed E-state index contributed by atoms with van der Waals surface area (Å²) in [5.41, 5.74) is 1.55. The molecule has 0 saturated carbocycles. The van der Waals surface area contributed by atoms with Crippen LogP contribution in [0.25, 0.3) is 6.08 Å². The van der Waals surface area contributed by atoms with Crippen LogP contribution < -0.4 is 0 Å². The first-order valence-electron chi connectivity index (χ1n) is 4.30. The first-order chi connectivity index (χ1) is 6.75. The summed E-state index contributed by atoms with van der Waals surface area (Å²) < 4.78 is 0. The Bertz CT molecular complexity index is 420. The lowest BCUT2D eigenvalue weighted by Crippen LogP contribution is -1.87. The number of aliphatic imine (C=N–C) groups is 1. The van der Waals surface area contributed by atoms with Gasteiger partial charge in [-0.1, -0.05) is 30.3 Å². The van der Waals surface area contributed by atoms with E-state index in [1.165, 1.54) is 11.8 Å². The summed E-state index contributed by atoms with van der Waals surface area (Å²) in [6.45, 7) is 1.84. The van der Waals surface area contributed by atoms with Gasteiger partial charge >= 0.3 is 0 Å². The third-order valence-electron chi connectivity index (χ3n) is 1.83. The first-order valence-corrected chi connectivity index (χ1v) is 5.11. The van der Waals surface area contributed by atoms with Gasteiger partial charge < -0.3 is 0 Å². The molecule has 1 heterocycles. The summed E-state index contributed by atoms with van der Waals surface area (Å²) in [7, 11) is 0. The molecule has 0 radical (unpaired) electrons. The quantitative estimate of drug-likeness (QED) is 0.657. The second-order valence-electron chi connectivity index (χ2n) is 2.96. The molecule has 0 amide bonds. The highest BCUT2D eigenvalue weighted by Crippen LogP contribution is 2.24. The van der Waals surface area contributed by atoms with Crippen molar-refractivity contribution < 1.29 is 4.79 Å². The zero-order valence-corrected chi connectivity index (χ0v) is 8.54. The molecular weight excluding hydrogens is 194 g/mol. The summed E-state index contributed by atoms with van der Waals surface area (Å²) in [5.74, 6) is 0. The summed E-state index contributed by atoms with van der Waals surface area (Å²) >= 11 is 1.19. The normalized spacial score (nSPS) is 18.8. The second-order valence-corrected chi connectivity index (χ2v) is 4.13. The maximum absolute atomic E-state index is 11.4. The van der Waals surface area contributed by atoms with E-state index in [1.54, 1.807) is 0 Å². The predicted molar refractivity (Wildman–Crippen MR) is 60.1 cm³/mol. The van der Waals surface area contributed by atoms with Crippen molar-refractivity contribution in [3.8, 4) is 0 Å². The van der Waals surface area contributed by atoms with Crippen molar-refractivity contribution in [2.75, 3.05) is 0 Å². The van der Waals surface area contributed by atoms with E-state index < -0.39 is 0 Å². The van der Waals surface area contributed by atoms with E-state index in [4.69, 9.17) is 0 Å². The third-order valence-corrected chi connectivity index (χ3v) is 2.61. The second kappa shape index (κ2) is 3.80. The molecule has 14 heavy (non-hydrogen) atoms. The molecule has 0 bridgehead atoms. The number of carbonyl (C=O) groups is 1. The topological polar surface area (TPSA) is 29.4 Å². The monoisotopic (exact) mass is 203 g/mol. The largest absolute Gasteiger partial charge is 0.279 e. The number of thioether (sulfide) groups is 1. The summed E-state index contributed by atoms with van der Waals surface area (Å²) in [6, 6.07) is 9.73. The van der Waals surface area contributed by atoms with E-state index in [0.29, 0.717) is 5.70 Å². The number of hydrogen-bond donors (Lipinski definition) is 0. The third kappa shape index (κ3) is 1.93. The lowest BCUT2D eigenvalue weighted by Gasteiger charge is -1.92. The van der Waals surface area contributed by atoms with Gasteiger partial charge in [-0.3, -0.25) is 4.79 Å². The Kier molecular flexibility index (Phi) is 2.50. The van der Waals surface area contributed by atoms with Crippen LogP contribution in [0.4, 0.5) is 0 Å². The molecule has 2 rings (SSSR count). The fourth-order valence-electron chi connectivity index (χ4n) is 1.22.